The monoisotopic (exact) mass is 264 g/mol. The molecule has 2 unspecified atom stereocenters. The van der Waals surface area contributed by atoms with Crippen LogP contribution in [-0.2, 0) is 28.9 Å². The van der Waals surface area contributed by atoms with Crippen molar-refractivity contribution in [2.75, 3.05) is 25.7 Å². The summed E-state index contributed by atoms with van der Waals surface area (Å²) in [5.74, 6) is -1.75. The van der Waals surface area contributed by atoms with Crippen molar-refractivity contribution >= 4 is 21.8 Å². The third-order valence-electron chi connectivity index (χ3n) is 2.92. The van der Waals surface area contributed by atoms with Gasteiger partial charge in [0.25, 0.3) is 0 Å². The fourth-order valence-electron chi connectivity index (χ4n) is 2.04. The second-order valence-electron chi connectivity index (χ2n) is 4.16. The molecule has 0 bridgehead atoms. The Morgan fingerprint density at radius 1 is 1.00 bits per heavy atom. The van der Waals surface area contributed by atoms with E-state index in [2.05, 4.69) is 9.47 Å². The lowest BCUT2D eigenvalue weighted by Gasteiger charge is -2.15. The van der Waals surface area contributed by atoms with Crippen LogP contribution in [0.1, 0.15) is 12.8 Å². The molecule has 1 fully saturated rings. The molecular weight excluding hydrogens is 248 g/mol. The molecule has 1 rings (SSSR count). The van der Waals surface area contributed by atoms with E-state index in [-0.39, 0.29) is 36.2 Å². The lowest BCUT2D eigenvalue weighted by atomic mass is 9.90. The van der Waals surface area contributed by atoms with E-state index < -0.39 is 21.8 Å². The molecule has 1 heterocycles. The van der Waals surface area contributed by atoms with Crippen molar-refractivity contribution in [1.29, 1.82) is 0 Å². The Labute approximate surface area is 100 Å². The van der Waals surface area contributed by atoms with Crippen molar-refractivity contribution in [2.45, 2.75) is 12.8 Å². The maximum Gasteiger partial charge on any atom is 0.305 e. The lowest BCUT2D eigenvalue weighted by Crippen LogP contribution is -2.20. The van der Waals surface area contributed by atoms with E-state index in [1.807, 2.05) is 0 Å². The molecule has 0 spiro atoms. The topological polar surface area (TPSA) is 86.7 Å². The molecule has 1 aliphatic heterocycles. The molecule has 0 amide bonds. The summed E-state index contributed by atoms with van der Waals surface area (Å²) in [5.41, 5.74) is 0. The third-order valence-corrected chi connectivity index (χ3v) is 4.79. The van der Waals surface area contributed by atoms with Crippen LogP contribution < -0.4 is 0 Å². The summed E-state index contributed by atoms with van der Waals surface area (Å²) in [6.45, 7) is 0. The smallest absolute Gasteiger partial charge is 0.305 e. The van der Waals surface area contributed by atoms with Crippen LogP contribution >= 0.6 is 0 Å². The maximum atomic E-state index is 11.5. The first-order valence-corrected chi connectivity index (χ1v) is 7.04. The van der Waals surface area contributed by atoms with Gasteiger partial charge in [-0.2, -0.15) is 0 Å². The maximum absolute atomic E-state index is 11.5. The molecule has 6 nitrogen and oxygen atoms in total. The summed E-state index contributed by atoms with van der Waals surface area (Å²) in [7, 11) is -0.666. The second kappa shape index (κ2) is 5.48. The van der Waals surface area contributed by atoms with Gasteiger partial charge >= 0.3 is 11.9 Å². The number of carbonyl (C=O) groups excluding carboxylic acids is 2. The van der Waals surface area contributed by atoms with E-state index in [4.69, 9.17) is 0 Å². The highest BCUT2D eigenvalue weighted by molar-refractivity contribution is 7.91. The van der Waals surface area contributed by atoms with Crippen molar-refractivity contribution in [3.63, 3.8) is 0 Å². The minimum atomic E-state index is -3.17. The molecule has 0 saturated carbocycles. The van der Waals surface area contributed by atoms with Crippen LogP contribution in [0.4, 0.5) is 0 Å². The van der Waals surface area contributed by atoms with Gasteiger partial charge in [-0.15, -0.1) is 0 Å². The average Bonchev–Trinajstić information content (AvgIpc) is 2.52. The Balaban J connectivity index is 2.71. The number of ether oxygens (including phenoxy) is 2. The Bertz CT molecular complexity index is 367. The summed E-state index contributed by atoms with van der Waals surface area (Å²) in [6, 6.07) is 0. The molecule has 2 atom stereocenters. The third kappa shape index (κ3) is 3.99. The van der Waals surface area contributed by atoms with Crippen LogP contribution in [0.2, 0.25) is 0 Å². The summed E-state index contributed by atoms with van der Waals surface area (Å²) in [4.78, 5) is 22.3. The minimum Gasteiger partial charge on any atom is -0.469 e. The van der Waals surface area contributed by atoms with E-state index in [9.17, 15) is 18.0 Å². The first-order valence-electron chi connectivity index (χ1n) is 5.22. The SMILES string of the molecule is COC(=O)CC1CS(=O)(=O)CC1CC(=O)OC. The molecule has 7 heteroatoms. The lowest BCUT2D eigenvalue weighted by molar-refractivity contribution is -0.144. The number of rotatable bonds is 4. The van der Waals surface area contributed by atoms with Crippen molar-refractivity contribution in [3.05, 3.63) is 0 Å². The van der Waals surface area contributed by atoms with Crippen LogP contribution in [0, 0.1) is 11.8 Å². The molecule has 17 heavy (non-hydrogen) atoms. The zero-order chi connectivity index (χ0) is 13.1. The van der Waals surface area contributed by atoms with Crippen molar-refractivity contribution in [1.82, 2.24) is 0 Å². The molecule has 0 aromatic carbocycles. The van der Waals surface area contributed by atoms with E-state index >= 15 is 0 Å². The fraction of sp³-hybridized carbons (Fsp3) is 0.800. The first kappa shape index (κ1) is 14.0. The van der Waals surface area contributed by atoms with Crippen LogP contribution in [0.5, 0.6) is 0 Å². The minimum absolute atomic E-state index is 0.0252. The largest absolute Gasteiger partial charge is 0.469 e. The van der Waals surface area contributed by atoms with Crippen molar-refractivity contribution < 1.29 is 27.5 Å². The van der Waals surface area contributed by atoms with Gasteiger partial charge in [-0.1, -0.05) is 0 Å². The normalized spacial score (nSPS) is 26.5. The van der Waals surface area contributed by atoms with Gasteiger partial charge in [-0.05, 0) is 11.8 Å². The molecule has 0 aromatic rings. The van der Waals surface area contributed by atoms with E-state index in [1.165, 1.54) is 14.2 Å². The Hall–Kier alpha value is -1.11. The highest BCUT2D eigenvalue weighted by Gasteiger charge is 2.39. The van der Waals surface area contributed by atoms with Gasteiger partial charge in [0.05, 0.1) is 25.7 Å². The number of carbonyl (C=O) groups is 2. The van der Waals surface area contributed by atoms with Crippen LogP contribution in [0.15, 0.2) is 0 Å². The van der Waals surface area contributed by atoms with Gasteiger partial charge in [-0.25, -0.2) is 8.42 Å². The number of hydrogen-bond donors (Lipinski definition) is 0. The Morgan fingerprint density at radius 2 is 1.35 bits per heavy atom. The highest BCUT2D eigenvalue weighted by atomic mass is 32.2. The zero-order valence-corrected chi connectivity index (χ0v) is 10.7. The number of methoxy groups -OCH3 is 2. The first-order chi connectivity index (χ1) is 7.88. The Morgan fingerprint density at radius 3 is 1.65 bits per heavy atom. The standard InChI is InChI=1S/C10H16O6S/c1-15-9(11)3-7-5-17(13,14)6-8(7)4-10(12)16-2/h7-8H,3-6H2,1-2H3. The summed E-state index contributed by atoms with van der Waals surface area (Å²) in [6.07, 6.45) is 0.0504. The predicted octanol–water partition coefficient (Wildman–Crippen LogP) is -0.227. The van der Waals surface area contributed by atoms with Crippen LogP contribution in [-0.4, -0.2) is 46.1 Å². The number of hydrogen-bond acceptors (Lipinski definition) is 6. The second-order valence-corrected chi connectivity index (χ2v) is 6.31. The Kier molecular flexibility index (Phi) is 4.50. The quantitative estimate of drug-likeness (QED) is 0.652. The van der Waals surface area contributed by atoms with Crippen LogP contribution in [0.25, 0.3) is 0 Å². The molecule has 1 aliphatic rings. The van der Waals surface area contributed by atoms with Gasteiger partial charge in [-0.3, -0.25) is 9.59 Å². The van der Waals surface area contributed by atoms with Crippen molar-refractivity contribution in [3.8, 4) is 0 Å². The summed E-state index contributed by atoms with van der Waals surface area (Å²) >= 11 is 0. The van der Waals surface area contributed by atoms with Gasteiger partial charge < -0.3 is 9.47 Å². The van der Waals surface area contributed by atoms with Gasteiger partial charge in [0.15, 0.2) is 9.84 Å². The molecule has 0 N–H and O–H groups in total. The average molecular weight is 264 g/mol. The number of sulfone groups is 1. The van der Waals surface area contributed by atoms with E-state index in [0.717, 1.165) is 0 Å². The summed E-state index contributed by atoms with van der Waals surface area (Å²) < 4.78 is 32.0. The number of esters is 2. The van der Waals surface area contributed by atoms with Gasteiger partial charge in [0.2, 0.25) is 0 Å². The molecular formula is C10H16O6S. The van der Waals surface area contributed by atoms with Crippen molar-refractivity contribution in [2.24, 2.45) is 11.8 Å². The highest BCUT2D eigenvalue weighted by Crippen LogP contribution is 2.31. The molecule has 0 aromatic heterocycles. The summed E-state index contributed by atoms with van der Waals surface area (Å²) in [5, 5.41) is 0. The fourth-order valence-corrected chi connectivity index (χ4v) is 4.26. The van der Waals surface area contributed by atoms with E-state index in [0.29, 0.717) is 0 Å². The molecule has 1 saturated heterocycles. The van der Waals surface area contributed by atoms with Gasteiger partial charge in [0.1, 0.15) is 0 Å². The zero-order valence-electron chi connectivity index (χ0n) is 9.84. The molecule has 0 aliphatic carbocycles. The predicted molar refractivity (Wildman–Crippen MR) is 58.9 cm³/mol. The van der Waals surface area contributed by atoms with Crippen LogP contribution in [0.3, 0.4) is 0 Å². The van der Waals surface area contributed by atoms with E-state index in [1.54, 1.807) is 0 Å². The van der Waals surface area contributed by atoms with Gasteiger partial charge in [0, 0.05) is 12.8 Å². The molecule has 98 valence electrons. The molecule has 0 radical (unpaired) electrons.